The van der Waals surface area contributed by atoms with Gasteiger partial charge in [-0.3, -0.25) is 4.99 Å². The lowest BCUT2D eigenvalue weighted by atomic mass is 9.64. The van der Waals surface area contributed by atoms with E-state index < -0.39 is 0 Å². The number of ether oxygens (including phenoxy) is 1. The number of rotatable bonds is 4. The molecule has 1 aromatic heterocycles. The predicted octanol–water partition coefficient (Wildman–Crippen LogP) is 3.54. The van der Waals surface area contributed by atoms with Crippen molar-refractivity contribution >= 4 is 41.3 Å². The van der Waals surface area contributed by atoms with E-state index in [1.54, 1.807) is 25.5 Å². The Morgan fingerprint density at radius 2 is 2.12 bits per heavy atom. The molecule has 7 heteroatoms. The van der Waals surface area contributed by atoms with Crippen molar-refractivity contribution < 1.29 is 4.74 Å². The van der Waals surface area contributed by atoms with Crippen molar-refractivity contribution in [3.05, 3.63) is 16.1 Å². The summed E-state index contributed by atoms with van der Waals surface area (Å²) in [6.07, 6.45) is 1.32. The lowest BCUT2D eigenvalue weighted by molar-refractivity contribution is -0.0922. The van der Waals surface area contributed by atoms with Crippen molar-refractivity contribution in [2.75, 3.05) is 14.2 Å². The second-order valence-corrected chi connectivity index (χ2v) is 8.72. The van der Waals surface area contributed by atoms with Crippen molar-refractivity contribution in [1.82, 2.24) is 15.6 Å². The SMILES string of the molecule is CN=C(NCc1nc(C(C)(C)C)cs1)NC1CC(OC)C1(C)C.I. The number of halogens is 1. The molecule has 1 aromatic rings. The highest BCUT2D eigenvalue weighted by Crippen LogP contribution is 2.42. The largest absolute Gasteiger partial charge is 0.381 e. The van der Waals surface area contributed by atoms with Crippen LogP contribution in [0, 0.1) is 5.41 Å². The number of nitrogens with one attached hydrogen (secondary N) is 2. The first-order valence-electron chi connectivity index (χ1n) is 8.13. The summed E-state index contributed by atoms with van der Waals surface area (Å²) < 4.78 is 5.50. The van der Waals surface area contributed by atoms with Gasteiger partial charge in [-0.05, 0) is 6.42 Å². The zero-order valence-corrected chi connectivity index (χ0v) is 18.9. The molecule has 2 atom stereocenters. The molecule has 138 valence electrons. The van der Waals surface area contributed by atoms with Gasteiger partial charge >= 0.3 is 0 Å². The summed E-state index contributed by atoms with van der Waals surface area (Å²) >= 11 is 1.69. The number of aliphatic imine (C=N–C) groups is 1. The minimum atomic E-state index is 0. The highest BCUT2D eigenvalue weighted by atomic mass is 127. The summed E-state index contributed by atoms with van der Waals surface area (Å²) in [6, 6.07) is 0.375. The number of hydrogen-bond acceptors (Lipinski definition) is 4. The highest BCUT2D eigenvalue weighted by Gasteiger charge is 2.48. The van der Waals surface area contributed by atoms with Gasteiger partial charge in [0.15, 0.2) is 5.96 Å². The standard InChI is InChI=1S/C17H30N4OS.HI/c1-16(2,3)12-10-23-14(20-12)9-19-15(18-6)21-11-8-13(22-7)17(11,4)5;/h10-11,13H,8-9H2,1-7H3,(H2,18,19,21);1H. The quantitative estimate of drug-likeness (QED) is 0.405. The lowest BCUT2D eigenvalue weighted by Gasteiger charge is -2.51. The molecule has 24 heavy (non-hydrogen) atoms. The Kier molecular flexibility index (Phi) is 7.49. The molecular formula is C17H31IN4OS. The maximum absolute atomic E-state index is 5.50. The summed E-state index contributed by atoms with van der Waals surface area (Å²) in [5.74, 6) is 0.824. The number of guanidine groups is 1. The van der Waals surface area contributed by atoms with Gasteiger partial charge in [0.25, 0.3) is 0 Å². The second kappa shape index (κ2) is 8.31. The molecule has 0 bridgehead atoms. The third-order valence-electron chi connectivity index (χ3n) is 4.72. The summed E-state index contributed by atoms with van der Waals surface area (Å²) in [6.45, 7) is 11.7. The van der Waals surface area contributed by atoms with Gasteiger partial charge in [-0.15, -0.1) is 35.3 Å². The lowest BCUT2D eigenvalue weighted by Crippen LogP contribution is -2.63. The molecule has 0 spiro atoms. The van der Waals surface area contributed by atoms with Crippen LogP contribution in [-0.4, -0.2) is 37.2 Å². The Bertz CT molecular complexity index is 565. The molecule has 0 aromatic carbocycles. The van der Waals surface area contributed by atoms with Crippen molar-refractivity contribution in [3.8, 4) is 0 Å². The Hall–Kier alpha value is -0.410. The maximum atomic E-state index is 5.50. The number of methoxy groups -OCH3 is 1. The smallest absolute Gasteiger partial charge is 0.191 e. The van der Waals surface area contributed by atoms with E-state index in [4.69, 9.17) is 9.72 Å². The topological polar surface area (TPSA) is 58.5 Å². The summed E-state index contributed by atoms with van der Waals surface area (Å²) in [4.78, 5) is 9.04. The van der Waals surface area contributed by atoms with E-state index in [1.807, 2.05) is 0 Å². The van der Waals surface area contributed by atoms with Gasteiger partial charge < -0.3 is 15.4 Å². The summed E-state index contributed by atoms with van der Waals surface area (Å²) in [5.41, 5.74) is 1.36. The molecule has 1 heterocycles. The van der Waals surface area contributed by atoms with E-state index in [-0.39, 0.29) is 34.8 Å². The van der Waals surface area contributed by atoms with Gasteiger partial charge in [-0.25, -0.2) is 4.98 Å². The third-order valence-corrected chi connectivity index (χ3v) is 5.57. The Morgan fingerprint density at radius 1 is 1.46 bits per heavy atom. The minimum absolute atomic E-state index is 0. The number of thiazole rings is 1. The predicted molar refractivity (Wildman–Crippen MR) is 113 cm³/mol. The first-order valence-corrected chi connectivity index (χ1v) is 9.01. The molecule has 5 nitrogen and oxygen atoms in total. The van der Waals surface area contributed by atoms with E-state index in [9.17, 15) is 0 Å². The van der Waals surface area contributed by atoms with Crippen molar-refractivity contribution in [2.24, 2.45) is 10.4 Å². The first kappa shape index (κ1) is 21.6. The van der Waals surface area contributed by atoms with Crippen LogP contribution in [0.3, 0.4) is 0 Å². The molecular weight excluding hydrogens is 435 g/mol. The zero-order chi connectivity index (χ0) is 17.3. The molecule has 1 aliphatic carbocycles. The Labute approximate surface area is 167 Å². The van der Waals surface area contributed by atoms with Crippen LogP contribution in [0.1, 0.15) is 51.7 Å². The molecule has 1 aliphatic rings. The zero-order valence-electron chi connectivity index (χ0n) is 15.8. The monoisotopic (exact) mass is 466 g/mol. The molecule has 0 amide bonds. The maximum Gasteiger partial charge on any atom is 0.191 e. The number of nitrogens with zero attached hydrogens (tertiary/aromatic N) is 2. The molecule has 0 aliphatic heterocycles. The van der Waals surface area contributed by atoms with Crippen LogP contribution in [0.4, 0.5) is 0 Å². The third kappa shape index (κ3) is 4.82. The van der Waals surface area contributed by atoms with Crippen LogP contribution in [0.5, 0.6) is 0 Å². The minimum Gasteiger partial charge on any atom is -0.381 e. The summed E-state index contributed by atoms with van der Waals surface area (Å²) in [7, 11) is 3.59. The molecule has 1 fully saturated rings. The Balaban J connectivity index is 0.00000288. The molecule has 0 saturated heterocycles. The molecule has 2 N–H and O–H groups in total. The van der Waals surface area contributed by atoms with Gasteiger partial charge in [-0.1, -0.05) is 34.6 Å². The van der Waals surface area contributed by atoms with Crippen LogP contribution in [0.2, 0.25) is 0 Å². The molecule has 0 radical (unpaired) electrons. The number of hydrogen-bond donors (Lipinski definition) is 2. The van der Waals surface area contributed by atoms with Crippen molar-refractivity contribution in [1.29, 1.82) is 0 Å². The van der Waals surface area contributed by atoms with Gasteiger partial charge in [-0.2, -0.15) is 0 Å². The highest BCUT2D eigenvalue weighted by molar-refractivity contribution is 14.0. The Morgan fingerprint density at radius 3 is 2.58 bits per heavy atom. The van der Waals surface area contributed by atoms with Crippen LogP contribution in [0.25, 0.3) is 0 Å². The van der Waals surface area contributed by atoms with E-state index in [1.165, 1.54) is 0 Å². The molecule has 2 rings (SSSR count). The average molecular weight is 466 g/mol. The normalized spacial score (nSPS) is 23.2. The van der Waals surface area contributed by atoms with E-state index in [0.717, 1.165) is 23.1 Å². The van der Waals surface area contributed by atoms with Crippen LogP contribution < -0.4 is 10.6 Å². The fourth-order valence-corrected chi connectivity index (χ4v) is 3.75. The van der Waals surface area contributed by atoms with E-state index >= 15 is 0 Å². The van der Waals surface area contributed by atoms with E-state index in [0.29, 0.717) is 18.7 Å². The van der Waals surface area contributed by atoms with E-state index in [2.05, 4.69) is 55.6 Å². The summed E-state index contributed by atoms with van der Waals surface area (Å²) in [5, 5.41) is 10.1. The first-order chi connectivity index (χ1) is 10.7. The van der Waals surface area contributed by atoms with Crippen molar-refractivity contribution in [3.63, 3.8) is 0 Å². The van der Waals surface area contributed by atoms with Crippen LogP contribution in [0.15, 0.2) is 10.4 Å². The fourth-order valence-electron chi connectivity index (χ4n) is 2.79. The van der Waals surface area contributed by atoms with Crippen LogP contribution >= 0.6 is 35.3 Å². The fraction of sp³-hybridized carbons (Fsp3) is 0.765. The van der Waals surface area contributed by atoms with Gasteiger partial charge in [0.05, 0.1) is 18.3 Å². The molecule has 2 unspecified atom stereocenters. The average Bonchev–Trinajstić information content (AvgIpc) is 2.95. The van der Waals surface area contributed by atoms with Gasteiger partial charge in [0.1, 0.15) is 5.01 Å². The van der Waals surface area contributed by atoms with Gasteiger partial charge in [0, 0.05) is 36.4 Å². The molecule has 1 saturated carbocycles. The number of aromatic nitrogens is 1. The second-order valence-electron chi connectivity index (χ2n) is 7.78. The van der Waals surface area contributed by atoms with Gasteiger partial charge in [0.2, 0.25) is 0 Å². The van der Waals surface area contributed by atoms with Crippen molar-refractivity contribution in [2.45, 2.75) is 65.1 Å². The van der Waals surface area contributed by atoms with Crippen LogP contribution in [-0.2, 0) is 16.7 Å².